The van der Waals surface area contributed by atoms with Gasteiger partial charge >= 0.3 is 5.97 Å². The van der Waals surface area contributed by atoms with Gasteiger partial charge in [-0.25, -0.2) is 4.79 Å². The predicted molar refractivity (Wildman–Crippen MR) is 230 cm³/mol. The van der Waals surface area contributed by atoms with Crippen LogP contribution in [0.5, 0.6) is 0 Å². The zero-order chi connectivity index (χ0) is 41.7. The molecule has 0 bridgehead atoms. The number of aliphatic hydroxyl groups is 1. The van der Waals surface area contributed by atoms with Gasteiger partial charge < -0.3 is 24.1 Å². The Morgan fingerprint density at radius 3 is 1.46 bits per heavy atom. The maximum absolute atomic E-state index is 12.0. The average Bonchev–Trinajstić information content (AvgIpc) is 3.18. The topological polar surface area (TPSA) is 91.3 Å². The van der Waals surface area contributed by atoms with Gasteiger partial charge in [-0.1, -0.05) is 54.7 Å². The van der Waals surface area contributed by atoms with Gasteiger partial charge in [0.1, 0.15) is 12.4 Å². The Labute approximate surface area is 343 Å². The fourth-order valence-electron chi connectivity index (χ4n) is 10.6. The normalized spacial score (nSPS) is 31.1. The first kappa shape index (κ1) is 48.8. The highest BCUT2D eigenvalue weighted by atomic mass is 16.5. The summed E-state index contributed by atoms with van der Waals surface area (Å²) < 4.78 is 25.2. The van der Waals surface area contributed by atoms with Gasteiger partial charge in [0.15, 0.2) is 0 Å². The number of aliphatic hydroxyl groups excluding tert-OH is 1. The van der Waals surface area contributed by atoms with E-state index in [1.165, 1.54) is 51.4 Å². The fourth-order valence-corrected chi connectivity index (χ4v) is 10.6. The largest absolute Gasteiger partial charge is 0.459 e. The zero-order valence-electron chi connectivity index (χ0n) is 37.8. The quantitative estimate of drug-likeness (QED) is 0.0840. The molecule has 0 aromatic rings. The van der Waals surface area contributed by atoms with Crippen LogP contribution in [0.4, 0.5) is 0 Å². The lowest BCUT2D eigenvalue weighted by Crippen LogP contribution is -2.42. The summed E-state index contributed by atoms with van der Waals surface area (Å²) >= 11 is 0. The van der Waals surface area contributed by atoms with E-state index in [1.54, 1.807) is 13.8 Å². The minimum Gasteiger partial charge on any atom is -0.459 e. The second-order valence-electron chi connectivity index (χ2n) is 20.2. The third-order valence-corrected chi connectivity index (χ3v) is 15.1. The van der Waals surface area contributed by atoms with Crippen molar-refractivity contribution in [2.45, 2.75) is 233 Å². The molecule has 3 unspecified atom stereocenters. The molecule has 7 nitrogen and oxygen atoms in total. The van der Waals surface area contributed by atoms with E-state index in [1.807, 2.05) is 0 Å². The standard InChI is InChI=1S/C45H80O6.C4H6O/c1-11-32(5)49-39-23-15-34(16-24-39)43(6,7)33-13-21-38(22-14-33)48-30-37(46)29-45(10,12-2)51-41-27-19-36(20-28-41)44(8,9)35-17-25-40(26-18-35)50-42(47)31(3)4;1-4(2)3-5/h32-41,46H,3,11-30H2,1-2,4-10H3;3H,1H2,2H3. The Hall–Kier alpha value is -1.54. The van der Waals surface area contributed by atoms with Crippen molar-refractivity contribution in [3.05, 3.63) is 24.3 Å². The van der Waals surface area contributed by atoms with Gasteiger partial charge in [0.2, 0.25) is 0 Å². The lowest BCUT2D eigenvalue weighted by Gasteiger charge is -2.47. The van der Waals surface area contributed by atoms with Crippen molar-refractivity contribution in [1.82, 2.24) is 0 Å². The van der Waals surface area contributed by atoms with E-state index in [4.69, 9.17) is 18.9 Å². The van der Waals surface area contributed by atoms with Crippen molar-refractivity contribution in [1.29, 1.82) is 0 Å². The van der Waals surface area contributed by atoms with Gasteiger partial charge in [-0.3, -0.25) is 4.79 Å². The van der Waals surface area contributed by atoms with Crippen LogP contribution >= 0.6 is 0 Å². The first-order chi connectivity index (χ1) is 26.3. The van der Waals surface area contributed by atoms with Crippen molar-refractivity contribution in [2.75, 3.05) is 6.61 Å². The van der Waals surface area contributed by atoms with E-state index in [2.05, 4.69) is 68.5 Å². The predicted octanol–water partition coefficient (Wildman–Crippen LogP) is 11.9. The SMILES string of the molecule is C=C(C)C(=O)OC1CCC(C(C)(C)C2CCC(OC(C)(CC)CC(O)COC3CCC(C(C)(C)C4CCC(OC(C)CC)CC4)CC3)CC2)CC1.C=C(C)C=O. The van der Waals surface area contributed by atoms with E-state index in [0.29, 0.717) is 53.6 Å². The number of ether oxygens (including phenoxy) is 4. The summed E-state index contributed by atoms with van der Waals surface area (Å²) in [5.74, 6) is 2.65. The molecular weight excluding hydrogens is 701 g/mol. The Morgan fingerprint density at radius 2 is 1.09 bits per heavy atom. The van der Waals surface area contributed by atoms with Crippen LogP contribution in [0.3, 0.4) is 0 Å². The van der Waals surface area contributed by atoms with E-state index in [9.17, 15) is 14.7 Å². The monoisotopic (exact) mass is 787 g/mol. The third-order valence-electron chi connectivity index (χ3n) is 15.1. The minimum absolute atomic E-state index is 0.0423. The van der Waals surface area contributed by atoms with Crippen molar-refractivity contribution >= 4 is 12.3 Å². The number of allylic oxidation sites excluding steroid dienone is 1. The number of aldehydes is 1. The molecule has 0 radical (unpaired) electrons. The number of esters is 1. The highest BCUT2D eigenvalue weighted by molar-refractivity contribution is 5.87. The van der Waals surface area contributed by atoms with Gasteiger partial charge in [0.25, 0.3) is 0 Å². The lowest BCUT2D eigenvalue weighted by atomic mass is 9.60. The molecule has 56 heavy (non-hydrogen) atoms. The first-order valence-corrected chi connectivity index (χ1v) is 22.9. The summed E-state index contributed by atoms with van der Waals surface area (Å²) in [7, 11) is 0. The minimum atomic E-state index is -0.503. The van der Waals surface area contributed by atoms with E-state index >= 15 is 0 Å². The van der Waals surface area contributed by atoms with Gasteiger partial charge in [0, 0.05) is 12.0 Å². The molecule has 0 saturated heterocycles. The Bertz CT molecular complexity index is 1190. The molecule has 4 aliphatic rings. The summed E-state index contributed by atoms with van der Waals surface area (Å²) in [5.41, 5.74) is 1.36. The number of carbonyl (C=O) groups excluding carboxylic acids is 2. The average molecular weight is 787 g/mol. The highest BCUT2D eigenvalue weighted by Gasteiger charge is 2.43. The molecule has 0 amide bonds. The van der Waals surface area contributed by atoms with Crippen LogP contribution in [0.2, 0.25) is 0 Å². The molecule has 324 valence electrons. The molecule has 4 rings (SSSR count). The van der Waals surface area contributed by atoms with Crippen molar-refractivity contribution in [2.24, 2.45) is 34.5 Å². The summed E-state index contributed by atoms with van der Waals surface area (Å²) in [6, 6.07) is 0. The van der Waals surface area contributed by atoms with Crippen LogP contribution < -0.4 is 0 Å². The van der Waals surface area contributed by atoms with Crippen LogP contribution in [-0.4, -0.2) is 66.2 Å². The first-order valence-electron chi connectivity index (χ1n) is 22.9. The highest BCUT2D eigenvalue weighted by Crippen LogP contribution is 2.51. The van der Waals surface area contributed by atoms with Crippen LogP contribution in [-0.2, 0) is 28.5 Å². The lowest BCUT2D eigenvalue weighted by molar-refractivity contribution is -0.147. The van der Waals surface area contributed by atoms with Crippen LogP contribution in [0, 0.1) is 34.5 Å². The molecule has 0 aliphatic heterocycles. The Morgan fingerprint density at radius 1 is 0.696 bits per heavy atom. The molecule has 4 aliphatic carbocycles. The number of hydrogen-bond acceptors (Lipinski definition) is 7. The van der Waals surface area contributed by atoms with E-state index in [-0.39, 0.29) is 35.3 Å². The molecule has 0 spiro atoms. The Balaban J connectivity index is 0.00000158. The van der Waals surface area contributed by atoms with Gasteiger partial charge in [-0.15, -0.1) is 0 Å². The third kappa shape index (κ3) is 14.9. The molecule has 3 atom stereocenters. The van der Waals surface area contributed by atoms with Crippen LogP contribution in [0.1, 0.15) is 191 Å². The molecule has 4 fully saturated rings. The molecule has 1 N–H and O–H groups in total. The summed E-state index contributed by atoms with van der Waals surface area (Å²) in [4.78, 5) is 21.4. The molecule has 0 aromatic heterocycles. The van der Waals surface area contributed by atoms with Crippen molar-refractivity contribution in [3.8, 4) is 0 Å². The number of hydrogen-bond donors (Lipinski definition) is 1. The van der Waals surface area contributed by atoms with Gasteiger partial charge in [0.05, 0.1) is 42.7 Å². The zero-order valence-corrected chi connectivity index (χ0v) is 37.8. The maximum Gasteiger partial charge on any atom is 0.333 e. The summed E-state index contributed by atoms with van der Waals surface area (Å²) in [6.07, 6.45) is 22.7. The molecule has 4 saturated carbocycles. The second kappa shape index (κ2) is 22.7. The molecular formula is C49H86O7. The summed E-state index contributed by atoms with van der Waals surface area (Å²) in [5, 5.41) is 11.2. The Kier molecular flexibility index (Phi) is 19.8. The second-order valence-corrected chi connectivity index (χ2v) is 20.2. The van der Waals surface area contributed by atoms with Crippen molar-refractivity contribution in [3.63, 3.8) is 0 Å². The van der Waals surface area contributed by atoms with Gasteiger partial charge in [-0.05, 0) is 183 Å². The molecule has 0 heterocycles. The smallest absolute Gasteiger partial charge is 0.333 e. The van der Waals surface area contributed by atoms with E-state index < -0.39 is 6.10 Å². The number of carbonyl (C=O) groups is 2. The van der Waals surface area contributed by atoms with E-state index in [0.717, 1.165) is 82.3 Å². The molecule has 0 aromatic carbocycles. The van der Waals surface area contributed by atoms with Crippen LogP contribution in [0.15, 0.2) is 24.3 Å². The summed E-state index contributed by atoms with van der Waals surface area (Å²) in [6.45, 7) is 29.7. The molecule has 7 heteroatoms. The van der Waals surface area contributed by atoms with Crippen LogP contribution in [0.25, 0.3) is 0 Å². The van der Waals surface area contributed by atoms with Gasteiger partial charge in [-0.2, -0.15) is 0 Å². The van der Waals surface area contributed by atoms with Crippen molar-refractivity contribution < 1.29 is 33.6 Å². The fraction of sp³-hybridized carbons (Fsp3) is 0.878. The maximum atomic E-state index is 12.0. The number of rotatable bonds is 18.